The van der Waals surface area contributed by atoms with E-state index < -0.39 is 0 Å². The minimum Gasteiger partial charge on any atom is -0.385 e. The first-order valence-electron chi connectivity index (χ1n) is 10.2. The summed E-state index contributed by atoms with van der Waals surface area (Å²) >= 11 is 0. The summed E-state index contributed by atoms with van der Waals surface area (Å²) in [5.74, 6) is 2.25. The molecule has 3 unspecified atom stereocenters. The van der Waals surface area contributed by atoms with Gasteiger partial charge in [0.05, 0.1) is 11.9 Å². The number of aromatic amines is 1. The summed E-state index contributed by atoms with van der Waals surface area (Å²) in [5.41, 5.74) is 1.41. The Kier molecular flexibility index (Phi) is 5.73. The van der Waals surface area contributed by atoms with E-state index in [2.05, 4.69) is 33.7 Å². The van der Waals surface area contributed by atoms with E-state index >= 15 is 0 Å². The quantitative estimate of drug-likeness (QED) is 0.659. The smallest absolute Gasteiger partial charge is 0.276 e. The molecule has 0 saturated carbocycles. The minimum absolute atomic E-state index is 0.136. The number of fused-ring (bicyclic) bond motifs is 1. The van der Waals surface area contributed by atoms with Crippen LogP contribution in [0.3, 0.4) is 0 Å². The molecule has 0 bridgehead atoms. The van der Waals surface area contributed by atoms with E-state index in [1.807, 2.05) is 24.4 Å². The summed E-state index contributed by atoms with van der Waals surface area (Å²) in [4.78, 5) is 27.0. The van der Waals surface area contributed by atoms with Gasteiger partial charge in [0.1, 0.15) is 11.6 Å². The van der Waals surface area contributed by atoms with Crippen LogP contribution < -0.4 is 5.56 Å². The SMILES string of the molecule is COCCC(C)c1ncc2c(=O)[nH]c(C3CN(Cc4ccccn4)CC3C)nn12. The molecular formula is C21H28N6O2. The lowest BCUT2D eigenvalue weighted by molar-refractivity contribution is 0.188. The predicted octanol–water partition coefficient (Wildman–Crippen LogP) is 2.19. The van der Waals surface area contributed by atoms with Gasteiger partial charge in [-0.2, -0.15) is 5.10 Å². The highest BCUT2D eigenvalue weighted by atomic mass is 16.5. The number of hydrogen-bond acceptors (Lipinski definition) is 6. The highest BCUT2D eigenvalue weighted by Crippen LogP contribution is 2.31. The summed E-state index contributed by atoms with van der Waals surface area (Å²) in [6.07, 6.45) is 4.27. The van der Waals surface area contributed by atoms with E-state index in [4.69, 9.17) is 9.84 Å². The molecule has 0 aromatic carbocycles. The van der Waals surface area contributed by atoms with E-state index in [0.29, 0.717) is 18.0 Å². The zero-order chi connectivity index (χ0) is 20.4. The Morgan fingerprint density at radius 2 is 2.17 bits per heavy atom. The van der Waals surface area contributed by atoms with Crippen LogP contribution >= 0.6 is 0 Å². The van der Waals surface area contributed by atoms with Gasteiger partial charge in [-0.05, 0) is 24.5 Å². The number of H-pyrrole nitrogens is 1. The first-order valence-corrected chi connectivity index (χ1v) is 10.2. The summed E-state index contributed by atoms with van der Waals surface area (Å²) < 4.78 is 6.91. The van der Waals surface area contributed by atoms with Gasteiger partial charge in [-0.15, -0.1) is 0 Å². The van der Waals surface area contributed by atoms with Gasteiger partial charge < -0.3 is 9.72 Å². The maximum absolute atomic E-state index is 12.7. The topological polar surface area (TPSA) is 88.4 Å². The zero-order valence-electron chi connectivity index (χ0n) is 17.2. The number of methoxy groups -OCH3 is 1. The Balaban J connectivity index is 1.59. The third-order valence-electron chi connectivity index (χ3n) is 5.79. The number of likely N-dealkylation sites (tertiary alicyclic amines) is 1. The second kappa shape index (κ2) is 8.42. The molecule has 29 heavy (non-hydrogen) atoms. The first kappa shape index (κ1) is 19.7. The number of nitrogens with one attached hydrogen (secondary N) is 1. The minimum atomic E-state index is -0.136. The molecule has 1 aliphatic rings. The number of hydrogen-bond donors (Lipinski definition) is 1. The van der Waals surface area contributed by atoms with Crippen molar-refractivity contribution in [3.8, 4) is 0 Å². The fourth-order valence-electron chi connectivity index (χ4n) is 4.13. The fraction of sp³-hybridized carbons (Fsp3) is 0.524. The van der Waals surface area contributed by atoms with Crippen LogP contribution in [0.15, 0.2) is 35.4 Å². The van der Waals surface area contributed by atoms with Gasteiger partial charge in [0.25, 0.3) is 5.56 Å². The van der Waals surface area contributed by atoms with Crippen molar-refractivity contribution in [1.29, 1.82) is 0 Å². The second-order valence-electron chi connectivity index (χ2n) is 8.03. The standard InChI is InChI=1S/C21H28N6O2/c1-14(7-9-29-3)20-23-10-18-21(28)24-19(25-27(18)20)17-13-26(11-15(17)2)12-16-6-4-5-8-22-16/h4-6,8,10,14-15,17H,7,9,11-13H2,1-3H3,(H,24,25,28). The number of imidazole rings is 1. The van der Waals surface area contributed by atoms with E-state index in [1.165, 1.54) is 0 Å². The molecule has 4 heterocycles. The van der Waals surface area contributed by atoms with E-state index in [0.717, 1.165) is 43.4 Å². The van der Waals surface area contributed by atoms with Crippen molar-refractivity contribution >= 4 is 5.52 Å². The molecule has 8 nitrogen and oxygen atoms in total. The van der Waals surface area contributed by atoms with Gasteiger partial charge in [0, 0.05) is 51.4 Å². The molecule has 1 fully saturated rings. The Morgan fingerprint density at radius 1 is 1.31 bits per heavy atom. The van der Waals surface area contributed by atoms with Crippen LogP contribution in [0.25, 0.3) is 5.52 Å². The van der Waals surface area contributed by atoms with Crippen molar-refractivity contribution in [3.63, 3.8) is 0 Å². The largest absolute Gasteiger partial charge is 0.385 e. The Bertz CT molecular complexity index is 1010. The van der Waals surface area contributed by atoms with Crippen LogP contribution in [0, 0.1) is 5.92 Å². The molecule has 3 aromatic heterocycles. The average molecular weight is 396 g/mol. The molecular weight excluding hydrogens is 368 g/mol. The lowest BCUT2D eigenvalue weighted by atomic mass is 9.97. The Hall–Kier alpha value is -2.58. The lowest BCUT2D eigenvalue weighted by Crippen LogP contribution is -2.23. The molecule has 4 rings (SSSR count). The van der Waals surface area contributed by atoms with Crippen LogP contribution in [0.4, 0.5) is 0 Å². The molecule has 1 aliphatic heterocycles. The molecule has 0 radical (unpaired) electrons. The second-order valence-corrected chi connectivity index (χ2v) is 8.03. The van der Waals surface area contributed by atoms with Gasteiger partial charge in [-0.25, -0.2) is 9.50 Å². The third kappa shape index (κ3) is 4.09. The molecule has 0 amide bonds. The number of ether oxygens (including phenoxy) is 1. The predicted molar refractivity (Wildman–Crippen MR) is 110 cm³/mol. The maximum Gasteiger partial charge on any atom is 0.276 e. The summed E-state index contributed by atoms with van der Waals surface area (Å²) in [6, 6.07) is 5.99. The van der Waals surface area contributed by atoms with Crippen LogP contribution in [-0.4, -0.2) is 56.3 Å². The van der Waals surface area contributed by atoms with Crippen LogP contribution in [0.5, 0.6) is 0 Å². The molecule has 0 spiro atoms. The van der Waals surface area contributed by atoms with Crippen molar-refractivity contribution < 1.29 is 4.74 Å². The lowest BCUT2D eigenvalue weighted by Gasteiger charge is -2.16. The normalized spacial score (nSPS) is 21.1. The number of pyridine rings is 1. The Morgan fingerprint density at radius 3 is 2.93 bits per heavy atom. The maximum atomic E-state index is 12.7. The van der Waals surface area contributed by atoms with Crippen molar-refractivity contribution in [3.05, 3.63) is 58.3 Å². The van der Waals surface area contributed by atoms with E-state index in [1.54, 1.807) is 17.8 Å². The summed E-state index contributed by atoms with van der Waals surface area (Å²) in [5, 5.41) is 4.81. The number of aromatic nitrogens is 5. The fourth-order valence-corrected chi connectivity index (χ4v) is 4.13. The summed E-state index contributed by atoms with van der Waals surface area (Å²) in [7, 11) is 1.69. The van der Waals surface area contributed by atoms with Crippen LogP contribution in [0.1, 0.15) is 49.4 Å². The number of rotatable bonds is 7. The van der Waals surface area contributed by atoms with Crippen LogP contribution in [-0.2, 0) is 11.3 Å². The molecule has 3 aromatic rings. The van der Waals surface area contributed by atoms with E-state index in [-0.39, 0.29) is 17.4 Å². The molecule has 3 atom stereocenters. The van der Waals surface area contributed by atoms with Crippen molar-refractivity contribution in [2.45, 2.75) is 38.6 Å². The number of nitrogens with zero attached hydrogens (tertiary/aromatic N) is 5. The third-order valence-corrected chi connectivity index (χ3v) is 5.79. The summed E-state index contributed by atoms with van der Waals surface area (Å²) in [6.45, 7) is 7.54. The molecule has 8 heteroatoms. The highest BCUT2D eigenvalue weighted by molar-refractivity contribution is 5.42. The average Bonchev–Trinajstić information content (AvgIpc) is 3.30. The van der Waals surface area contributed by atoms with Gasteiger partial charge in [-0.1, -0.05) is 19.9 Å². The van der Waals surface area contributed by atoms with Gasteiger partial charge in [-0.3, -0.25) is 14.7 Å². The molecule has 0 aliphatic carbocycles. The van der Waals surface area contributed by atoms with Gasteiger partial charge in [0.15, 0.2) is 5.52 Å². The molecule has 1 saturated heterocycles. The molecule has 1 N–H and O–H groups in total. The van der Waals surface area contributed by atoms with Crippen molar-refractivity contribution in [1.82, 2.24) is 29.5 Å². The van der Waals surface area contributed by atoms with Crippen molar-refractivity contribution in [2.24, 2.45) is 5.92 Å². The zero-order valence-corrected chi connectivity index (χ0v) is 17.2. The van der Waals surface area contributed by atoms with Gasteiger partial charge >= 0.3 is 0 Å². The Labute approximate surface area is 169 Å². The molecule has 154 valence electrons. The van der Waals surface area contributed by atoms with E-state index in [9.17, 15) is 4.79 Å². The first-order chi connectivity index (χ1) is 14.1. The monoisotopic (exact) mass is 396 g/mol. The van der Waals surface area contributed by atoms with Crippen molar-refractivity contribution in [2.75, 3.05) is 26.8 Å². The highest BCUT2D eigenvalue weighted by Gasteiger charge is 2.33. The van der Waals surface area contributed by atoms with Gasteiger partial charge in [0.2, 0.25) is 0 Å². The van der Waals surface area contributed by atoms with Crippen LogP contribution in [0.2, 0.25) is 0 Å².